The van der Waals surface area contributed by atoms with E-state index in [-0.39, 0.29) is 0 Å². The van der Waals surface area contributed by atoms with Crippen LogP contribution in [0, 0.1) is 11.8 Å². The van der Waals surface area contributed by atoms with Gasteiger partial charge in [0.25, 0.3) is 0 Å². The van der Waals surface area contributed by atoms with Gasteiger partial charge >= 0.3 is 0 Å². The number of rotatable bonds is 7. The van der Waals surface area contributed by atoms with E-state index in [0.717, 1.165) is 18.4 Å². The number of furan rings is 1. The molecule has 0 aliphatic heterocycles. The van der Waals surface area contributed by atoms with E-state index >= 15 is 0 Å². The quantitative estimate of drug-likeness (QED) is 0.788. The molecule has 0 amide bonds. The van der Waals surface area contributed by atoms with Gasteiger partial charge in [-0.25, -0.2) is 0 Å². The van der Waals surface area contributed by atoms with Crippen molar-refractivity contribution in [1.29, 1.82) is 0 Å². The highest BCUT2D eigenvalue weighted by Crippen LogP contribution is 2.34. The molecule has 0 saturated heterocycles. The lowest BCUT2D eigenvalue weighted by Gasteiger charge is -2.37. The molecule has 1 aromatic rings. The summed E-state index contributed by atoms with van der Waals surface area (Å²) < 4.78 is 5.23. The third-order valence-corrected chi connectivity index (χ3v) is 4.52. The molecule has 1 aromatic heterocycles. The first-order chi connectivity index (χ1) is 9.33. The molecule has 1 aliphatic carbocycles. The van der Waals surface area contributed by atoms with Gasteiger partial charge in [-0.3, -0.25) is 0 Å². The maximum absolute atomic E-state index is 5.23. The Morgan fingerprint density at radius 3 is 2.84 bits per heavy atom. The second-order valence-corrected chi connectivity index (χ2v) is 6.12. The molecule has 2 rings (SSSR count). The summed E-state index contributed by atoms with van der Waals surface area (Å²) in [5, 5.41) is 3.77. The van der Waals surface area contributed by atoms with Crippen molar-refractivity contribution in [2.75, 3.05) is 6.54 Å². The zero-order valence-corrected chi connectivity index (χ0v) is 12.5. The largest absolute Gasteiger partial charge is 0.472 e. The fourth-order valence-electron chi connectivity index (χ4n) is 3.57. The fourth-order valence-corrected chi connectivity index (χ4v) is 3.57. The molecule has 3 atom stereocenters. The topological polar surface area (TPSA) is 25.2 Å². The van der Waals surface area contributed by atoms with Crippen LogP contribution in [0.4, 0.5) is 0 Å². The van der Waals surface area contributed by atoms with Gasteiger partial charge in [0.15, 0.2) is 0 Å². The van der Waals surface area contributed by atoms with Crippen molar-refractivity contribution in [3.8, 4) is 0 Å². The standard InChI is InChI=1S/C17H29NO/c1-3-5-14-6-7-17(18-9-4-2)16(11-14)12-15-8-10-19-13-15/h8,10,13-14,16-18H,3-7,9,11-12H2,1-2H3. The van der Waals surface area contributed by atoms with E-state index in [2.05, 4.69) is 25.2 Å². The van der Waals surface area contributed by atoms with E-state index in [1.165, 1.54) is 50.5 Å². The van der Waals surface area contributed by atoms with Crippen molar-refractivity contribution in [3.05, 3.63) is 24.2 Å². The number of hydrogen-bond donors (Lipinski definition) is 1. The molecular weight excluding hydrogens is 234 g/mol. The molecule has 1 saturated carbocycles. The minimum Gasteiger partial charge on any atom is -0.472 e. The van der Waals surface area contributed by atoms with Crippen molar-refractivity contribution in [2.45, 2.75) is 64.8 Å². The number of nitrogens with one attached hydrogen (secondary N) is 1. The summed E-state index contributed by atoms with van der Waals surface area (Å²) in [6.07, 6.45) is 13.0. The third-order valence-electron chi connectivity index (χ3n) is 4.52. The summed E-state index contributed by atoms with van der Waals surface area (Å²) in [6, 6.07) is 2.84. The Labute approximate surface area is 118 Å². The molecule has 2 nitrogen and oxygen atoms in total. The van der Waals surface area contributed by atoms with Crippen molar-refractivity contribution in [1.82, 2.24) is 5.32 Å². The zero-order chi connectivity index (χ0) is 13.5. The van der Waals surface area contributed by atoms with Gasteiger partial charge in [0, 0.05) is 6.04 Å². The Hall–Kier alpha value is -0.760. The first kappa shape index (κ1) is 14.6. The van der Waals surface area contributed by atoms with Gasteiger partial charge < -0.3 is 9.73 Å². The monoisotopic (exact) mass is 263 g/mol. The predicted molar refractivity (Wildman–Crippen MR) is 80.2 cm³/mol. The summed E-state index contributed by atoms with van der Waals surface area (Å²) in [5.74, 6) is 1.73. The van der Waals surface area contributed by atoms with Crippen LogP contribution in [0.5, 0.6) is 0 Å². The Kier molecular flexibility index (Phi) is 5.96. The second-order valence-electron chi connectivity index (χ2n) is 6.12. The Bertz CT molecular complexity index is 333. The smallest absolute Gasteiger partial charge is 0.0934 e. The Balaban J connectivity index is 1.93. The highest BCUT2D eigenvalue weighted by Gasteiger charge is 2.29. The molecule has 0 bridgehead atoms. The van der Waals surface area contributed by atoms with Gasteiger partial charge in [-0.05, 0) is 62.1 Å². The van der Waals surface area contributed by atoms with Crippen LogP contribution in [0.3, 0.4) is 0 Å². The molecule has 1 fully saturated rings. The number of hydrogen-bond acceptors (Lipinski definition) is 2. The summed E-state index contributed by atoms with van der Waals surface area (Å²) in [7, 11) is 0. The molecule has 1 N–H and O–H groups in total. The van der Waals surface area contributed by atoms with Gasteiger partial charge in [-0.2, -0.15) is 0 Å². The average molecular weight is 263 g/mol. The Morgan fingerprint density at radius 2 is 2.16 bits per heavy atom. The van der Waals surface area contributed by atoms with Crippen molar-refractivity contribution in [3.63, 3.8) is 0 Å². The first-order valence-corrected chi connectivity index (χ1v) is 8.07. The van der Waals surface area contributed by atoms with Gasteiger partial charge in [-0.15, -0.1) is 0 Å². The predicted octanol–water partition coefficient (Wildman–Crippen LogP) is 4.41. The normalized spacial score (nSPS) is 27.6. The van der Waals surface area contributed by atoms with Crippen LogP contribution in [0.15, 0.2) is 23.0 Å². The molecule has 0 spiro atoms. The van der Waals surface area contributed by atoms with Crippen LogP contribution in [-0.2, 0) is 6.42 Å². The van der Waals surface area contributed by atoms with E-state index in [1.54, 1.807) is 6.26 Å². The van der Waals surface area contributed by atoms with E-state index in [0.29, 0.717) is 6.04 Å². The second kappa shape index (κ2) is 7.74. The molecule has 1 heterocycles. The maximum atomic E-state index is 5.23. The van der Waals surface area contributed by atoms with Gasteiger partial charge in [-0.1, -0.05) is 26.7 Å². The maximum Gasteiger partial charge on any atom is 0.0934 e. The van der Waals surface area contributed by atoms with Gasteiger partial charge in [0.2, 0.25) is 0 Å². The van der Waals surface area contributed by atoms with E-state index in [1.807, 2.05) is 6.26 Å². The lowest BCUT2D eigenvalue weighted by molar-refractivity contribution is 0.193. The first-order valence-electron chi connectivity index (χ1n) is 8.07. The molecule has 0 aromatic carbocycles. The van der Waals surface area contributed by atoms with Crippen LogP contribution < -0.4 is 5.32 Å². The van der Waals surface area contributed by atoms with Gasteiger partial charge in [0.1, 0.15) is 0 Å². The molecule has 0 radical (unpaired) electrons. The van der Waals surface area contributed by atoms with E-state index < -0.39 is 0 Å². The van der Waals surface area contributed by atoms with Crippen LogP contribution in [0.25, 0.3) is 0 Å². The SMILES string of the molecule is CCCNC1CCC(CCC)CC1Cc1ccoc1. The van der Waals surface area contributed by atoms with E-state index in [9.17, 15) is 0 Å². The summed E-state index contributed by atoms with van der Waals surface area (Å²) >= 11 is 0. The summed E-state index contributed by atoms with van der Waals surface area (Å²) in [5.41, 5.74) is 1.37. The van der Waals surface area contributed by atoms with Crippen molar-refractivity contribution >= 4 is 0 Å². The van der Waals surface area contributed by atoms with Crippen LogP contribution in [0.1, 0.15) is 57.9 Å². The Morgan fingerprint density at radius 1 is 1.26 bits per heavy atom. The summed E-state index contributed by atoms with van der Waals surface area (Å²) in [4.78, 5) is 0. The third kappa shape index (κ3) is 4.38. The van der Waals surface area contributed by atoms with Crippen molar-refractivity contribution in [2.24, 2.45) is 11.8 Å². The lowest BCUT2D eigenvalue weighted by Crippen LogP contribution is -2.42. The molecular formula is C17H29NO. The molecule has 108 valence electrons. The lowest BCUT2D eigenvalue weighted by atomic mass is 9.74. The fraction of sp³-hybridized carbons (Fsp3) is 0.765. The minimum absolute atomic E-state index is 0.711. The molecule has 2 heteroatoms. The highest BCUT2D eigenvalue weighted by atomic mass is 16.3. The molecule has 19 heavy (non-hydrogen) atoms. The van der Waals surface area contributed by atoms with Crippen molar-refractivity contribution < 1.29 is 4.42 Å². The van der Waals surface area contributed by atoms with E-state index in [4.69, 9.17) is 4.42 Å². The summed E-state index contributed by atoms with van der Waals surface area (Å²) in [6.45, 7) is 5.72. The van der Waals surface area contributed by atoms with Crippen LogP contribution >= 0.6 is 0 Å². The van der Waals surface area contributed by atoms with Crippen LogP contribution in [-0.4, -0.2) is 12.6 Å². The highest BCUT2D eigenvalue weighted by molar-refractivity contribution is 5.07. The average Bonchev–Trinajstić information content (AvgIpc) is 2.91. The zero-order valence-electron chi connectivity index (χ0n) is 12.5. The molecule has 3 unspecified atom stereocenters. The van der Waals surface area contributed by atoms with Crippen LogP contribution in [0.2, 0.25) is 0 Å². The van der Waals surface area contributed by atoms with Gasteiger partial charge in [0.05, 0.1) is 12.5 Å². The molecule has 1 aliphatic rings. The minimum atomic E-state index is 0.711.